The molecule has 0 fully saturated rings. The summed E-state index contributed by atoms with van der Waals surface area (Å²) in [5.74, 6) is 0. The maximum absolute atomic E-state index is 10.4. The van der Waals surface area contributed by atoms with E-state index < -0.39 is 7.82 Å². The number of hydrogen-bond donors (Lipinski definition) is 3. The third kappa shape index (κ3) is 37.7. The first-order valence-corrected chi connectivity index (χ1v) is 14.9. The van der Waals surface area contributed by atoms with Crippen molar-refractivity contribution in [2.24, 2.45) is 5.73 Å². The largest absolute Gasteiger partial charge is 0.469 e. The first-order valence-electron chi connectivity index (χ1n) is 13.4. The molecule has 5 nitrogen and oxygen atoms in total. The van der Waals surface area contributed by atoms with E-state index in [0.29, 0.717) is 0 Å². The molecule has 0 amide bonds. The number of phosphoric acid groups is 1. The van der Waals surface area contributed by atoms with E-state index in [4.69, 9.17) is 15.5 Å². The quantitative estimate of drug-likeness (QED) is 0.104. The van der Waals surface area contributed by atoms with Crippen LogP contribution in [-0.4, -0.2) is 22.9 Å². The Kier molecular flexibility index (Phi) is 30.1. The van der Waals surface area contributed by atoms with Crippen molar-refractivity contribution in [3.63, 3.8) is 0 Å². The van der Waals surface area contributed by atoms with Crippen LogP contribution in [0.25, 0.3) is 0 Å². The molecule has 0 rings (SSSR count). The van der Waals surface area contributed by atoms with Gasteiger partial charge in [-0.05, 0) is 19.4 Å². The van der Waals surface area contributed by atoms with E-state index >= 15 is 0 Å². The van der Waals surface area contributed by atoms with Gasteiger partial charge in [0, 0.05) is 0 Å². The van der Waals surface area contributed by atoms with Gasteiger partial charge in [-0.15, -0.1) is 0 Å². The molecule has 0 saturated heterocycles. The summed E-state index contributed by atoms with van der Waals surface area (Å²) in [5.41, 5.74) is 5.42. The van der Waals surface area contributed by atoms with Gasteiger partial charge >= 0.3 is 7.82 Å². The molecule has 0 aliphatic heterocycles. The molecule has 190 valence electrons. The van der Waals surface area contributed by atoms with Gasteiger partial charge in [0.05, 0.1) is 6.61 Å². The van der Waals surface area contributed by atoms with Gasteiger partial charge in [-0.2, -0.15) is 0 Å². The van der Waals surface area contributed by atoms with Crippen LogP contribution >= 0.6 is 7.82 Å². The van der Waals surface area contributed by atoms with E-state index in [2.05, 4.69) is 18.4 Å². The first kappa shape index (κ1) is 33.2. The summed E-state index contributed by atoms with van der Waals surface area (Å²) >= 11 is 0. The van der Waals surface area contributed by atoms with Crippen molar-refractivity contribution in [2.75, 3.05) is 13.2 Å². The van der Waals surface area contributed by atoms with E-state index in [-0.39, 0.29) is 6.61 Å². The molecule has 0 unspecified atom stereocenters. The van der Waals surface area contributed by atoms with Crippen molar-refractivity contribution >= 4 is 7.82 Å². The van der Waals surface area contributed by atoms with Gasteiger partial charge in [0.2, 0.25) is 0 Å². The minimum Gasteiger partial charge on any atom is -0.330 e. The summed E-state index contributed by atoms with van der Waals surface area (Å²) in [7, 11) is -4.25. The third-order valence-corrected chi connectivity index (χ3v) is 6.08. The van der Waals surface area contributed by atoms with Crippen LogP contribution in [0.15, 0.2) is 0 Å². The van der Waals surface area contributed by atoms with Crippen LogP contribution in [-0.2, 0) is 9.09 Å². The van der Waals surface area contributed by atoms with Crippen molar-refractivity contribution in [1.82, 2.24) is 0 Å². The zero-order valence-corrected chi connectivity index (χ0v) is 21.9. The lowest BCUT2D eigenvalue weighted by atomic mass is 10.1. The maximum Gasteiger partial charge on any atom is 0.469 e. The Balaban J connectivity index is 0. The average molecular weight is 466 g/mol. The minimum absolute atomic E-state index is 0.168. The molecule has 6 heteroatoms. The van der Waals surface area contributed by atoms with Gasteiger partial charge in [-0.3, -0.25) is 4.52 Å². The Morgan fingerprint density at radius 1 is 0.548 bits per heavy atom. The molecule has 0 aromatic carbocycles. The Labute approximate surface area is 194 Å². The molecule has 0 radical (unpaired) electrons. The molecule has 31 heavy (non-hydrogen) atoms. The highest BCUT2D eigenvalue weighted by Gasteiger charge is 2.12. The van der Waals surface area contributed by atoms with Crippen molar-refractivity contribution < 1.29 is 18.9 Å². The van der Waals surface area contributed by atoms with Gasteiger partial charge in [0.15, 0.2) is 0 Å². The third-order valence-electron chi connectivity index (χ3n) is 5.57. The topological polar surface area (TPSA) is 92.8 Å². The zero-order chi connectivity index (χ0) is 23.5. The summed E-state index contributed by atoms with van der Waals surface area (Å²) < 4.78 is 14.8. The van der Waals surface area contributed by atoms with E-state index in [1.54, 1.807) is 0 Å². The lowest BCUT2D eigenvalue weighted by molar-refractivity contribution is 0.193. The Bertz CT molecular complexity index is 353. The highest BCUT2D eigenvalue weighted by molar-refractivity contribution is 7.46. The summed E-state index contributed by atoms with van der Waals surface area (Å²) in [6.07, 6.45) is 27.4. The van der Waals surface area contributed by atoms with E-state index in [1.165, 1.54) is 116 Å². The lowest BCUT2D eigenvalue weighted by Gasteiger charge is -2.05. The molecule has 4 N–H and O–H groups in total. The molecule has 0 aliphatic rings. The summed E-state index contributed by atoms with van der Waals surface area (Å²) in [5, 5.41) is 0. The molecule has 0 bridgehead atoms. The molecular weight excluding hydrogens is 409 g/mol. The SMILES string of the molecule is CCCCCCCCCCCCCOP(=O)(O)O.CCCCCCCCCCCCN. The van der Waals surface area contributed by atoms with Crippen molar-refractivity contribution in [3.05, 3.63) is 0 Å². The second kappa shape index (κ2) is 28.1. The Morgan fingerprint density at radius 3 is 1.13 bits per heavy atom. The fraction of sp³-hybridized carbons (Fsp3) is 1.00. The number of unbranched alkanes of at least 4 members (excludes halogenated alkanes) is 19. The van der Waals surface area contributed by atoms with Crippen LogP contribution in [0.4, 0.5) is 0 Å². The first-order chi connectivity index (χ1) is 15.0. The predicted molar refractivity (Wildman–Crippen MR) is 135 cm³/mol. The summed E-state index contributed by atoms with van der Waals surface area (Å²) in [6.45, 7) is 5.54. The van der Waals surface area contributed by atoms with E-state index in [0.717, 1.165) is 25.8 Å². The molecule has 0 aromatic heterocycles. The second-order valence-corrected chi connectivity index (χ2v) is 10.1. The molecular formula is C25H56NO4P. The van der Waals surface area contributed by atoms with Crippen LogP contribution in [0.3, 0.4) is 0 Å². The molecule has 0 spiro atoms. The average Bonchev–Trinajstić information content (AvgIpc) is 2.73. The van der Waals surface area contributed by atoms with Crippen LogP contribution in [0.1, 0.15) is 149 Å². The number of nitrogens with two attached hydrogens (primary N) is 1. The molecule has 0 atom stereocenters. The van der Waals surface area contributed by atoms with Gasteiger partial charge in [0.25, 0.3) is 0 Å². The highest BCUT2D eigenvalue weighted by atomic mass is 31.2. The lowest BCUT2D eigenvalue weighted by Crippen LogP contribution is -1.97. The van der Waals surface area contributed by atoms with Crippen LogP contribution in [0.5, 0.6) is 0 Å². The minimum atomic E-state index is -4.25. The normalized spacial score (nSPS) is 11.4. The fourth-order valence-corrected chi connectivity index (χ4v) is 3.95. The van der Waals surface area contributed by atoms with Crippen LogP contribution in [0.2, 0.25) is 0 Å². The summed E-state index contributed by atoms with van der Waals surface area (Å²) in [6, 6.07) is 0. The highest BCUT2D eigenvalue weighted by Crippen LogP contribution is 2.35. The van der Waals surface area contributed by atoms with Gasteiger partial charge in [0.1, 0.15) is 0 Å². The molecule has 0 saturated carbocycles. The molecule has 0 heterocycles. The predicted octanol–water partition coefficient (Wildman–Crippen LogP) is 8.27. The van der Waals surface area contributed by atoms with Gasteiger partial charge in [-0.25, -0.2) is 4.57 Å². The smallest absolute Gasteiger partial charge is 0.330 e. The summed E-state index contributed by atoms with van der Waals surface area (Å²) in [4.78, 5) is 16.9. The van der Waals surface area contributed by atoms with E-state index in [1.807, 2.05) is 0 Å². The van der Waals surface area contributed by atoms with Crippen molar-refractivity contribution in [1.29, 1.82) is 0 Å². The fourth-order valence-electron chi connectivity index (χ4n) is 3.58. The van der Waals surface area contributed by atoms with Crippen molar-refractivity contribution in [3.8, 4) is 0 Å². The number of rotatable bonds is 23. The van der Waals surface area contributed by atoms with Crippen molar-refractivity contribution in [2.45, 2.75) is 149 Å². The monoisotopic (exact) mass is 465 g/mol. The van der Waals surface area contributed by atoms with Gasteiger partial charge < -0.3 is 15.5 Å². The molecule has 0 aliphatic carbocycles. The van der Waals surface area contributed by atoms with Crippen LogP contribution in [0, 0.1) is 0 Å². The van der Waals surface area contributed by atoms with Gasteiger partial charge in [-0.1, -0.05) is 136 Å². The Hall–Kier alpha value is 0.0700. The molecule has 0 aromatic rings. The second-order valence-electron chi connectivity index (χ2n) is 8.83. The van der Waals surface area contributed by atoms with Crippen LogP contribution < -0.4 is 5.73 Å². The number of phosphoric ester groups is 1. The maximum atomic E-state index is 10.4. The Morgan fingerprint density at radius 2 is 0.839 bits per heavy atom. The number of hydrogen-bond acceptors (Lipinski definition) is 3. The standard InChI is InChI=1S/C13H29O4P.C12H27N/c1-2-3-4-5-6-7-8-9-10-11-12-13-17-18(14,15)16;1-2-3-4-5-6-7-8-9-10-11-12-13/h2-13H2,1H3,(H2,14,15,16);2-13H2,1H3. The zero-order valence-electron chi connectivity index (χ0n) is 21.0. The van der Waals surface area contributed by atoms with E-state index in [9.17, 15) is 4.57 Å².